The molecule has 1 heteroatoms. The van der Waals surface area contributed by atoms with Gasteiger partial charge in [-0.2, -0.15) is 0 Å². The van der Waals surface area contributed by atoms with Gasteiger partial charge in [0.15, 0.2) is 0 Å². The van der Waals surface area contributed by atoms with E-state index in [-0.39, 0.29) is 0 Å². The summed E-state index contributed by atoms with van der Waals surface area (Å²) < 4.78 is 0. The first kappa shape index (κ1) is 14.3. The Hall–Kier alpha value is -1.60. The second-order valence-corrected chi connectivity index (χ2v) is 7.25. The second-order valence-electron chi connectivity index (χ2n) is 6.21. The Bertz CT molecular complexity index is 720. The van der Waals surface area contributed by atoms with Gasteiger partial charge in [-0.05, 0) is 64.6 Å². The van der Waals surface area contributed by atoms with Gasteiger partial charge in [-0.1, -0.05) is 44.2 Å². The molecule has 1 aromatic heterocycles. The summed E-state index contributed by atoms with van der Waals surface area (Å²) in [6, 6.07) is 13.7. The number of hydrogen-bond acceptors (Lipinski definition) is 1. The Kier molecular flexibility index (Phi) is 3.86. The van der Waals surface area contributed by atoms with Crippen LogP contribution in [0, 0.1) is 13.8 Å². The molecule has 0 aromatic carbocycles. The predicted molar refractivity (Wildman–Crippen MR) is 93.8 cm³/mol. The smallest absolute Gasteiger partial charge is 0.00892 e. The van der Waals surface area contributed by atoms with Crippen molar-refractivity contribution in [1.29, 1.82) is 0 Å². The molecule has 0 saturated carbocycles. The summed E-state index contributed by atoms with van der Waals surface area (Å²) in [6.07, 6.45) is 1.05. The molecule has 0 atom stereocenters. The third-order valence-corrected chi connectivity index (χ3v) is 5.12. The second kappa shape index (κ2) is 5.65. The van der Waals surface area contributed by atoms with Crippen molar-refractivity contribution in [2.24, 2.45) is 0 Å². The molecule has 108 valence electrons. The van der Waals surface area contributed by atoms with Crippen molar-refractivity contribution in [3.63, 3.8) is 0 Å². The van der Waals surface area contributed by atoms with Crippen molar-refractivity contribution >= 4 is 11.3 Å². The standard InChI is InChI=1S/C20H22S/c1-13(2)16-8-7-14(3)20-17(10-15(4)19(20)12-16)11-18-6-5-9-21-18/h5-10,12-13H,11H2,1-4H3. The van der Waals surface area contributed by atoms with Gasteiger partial charge in [-0.3, -0.25) is 0 Å². The third kappa shape index (κ3) is 2.75. The lowest BCUT2D eigenvalue weighted by atomic mass is 9.99. The van der Waals surface area contributed by atoms with Crippen LogP contribution in [0.15, 0.2) is 41.8 Å². The number of hydrogen-bond donors (Lipinski definition) is 0. The summed E-state index contributed by atoms with van der Waals surface area (Å²) in [4.78, 5) is 1.44. The third-order valence-electron chi connectivity index (χ3n) is 4.25. The predicted octanol–water partition coefficient (Wildman–Crippen LogP) is 6.18. The first-order valence-electron chi connectivity index (χ1n) is 7.61. The van der Waals surface area contributed by atoms with Gasteiger partial charge in [0.25, 0.3) is 0 Å². The molecule has 0 spiro atoms. The number of rotatable bonds is 3. The van der Waals surface area contributed by atoms with E-state index < -0.39 is 0 Å². The molecule has 0 N–H and O–H groups in total. The summed E-state index contributed by atoms with van der Waals surface area (Å²) in [7, 11) is 0. The van der Waals surface area contributed by atoms with E-state index in [4.69, 9.17) is 0 Å². The monoisotopic (exact) mass is 294 g/mol. The Morgan fingerprint density at radius 2 is 1.81 bits per heavy atom. The van der Waals surface area contributed by atoms with Crippen LogP contribution in [0.25, 0.3) is 11.1 Å². The normalized spacial score (nSPS) is 11.5. The van der Waals surface area contributed by atoms with Crippen molar-refractivity contribution in [3.05, 3.63) is 68.9 Å². The highest BCUT2D eigenvalue weighted by molar-refractivity contribution is 7.09. The van der Waals surface area contributed by atoms with E-state index >= 15 is 0 Å². The Labute approximate surface area is 131 Å². The summed E-state index contributed by atoms with van der Waals surface area (Å²) in [5.41, 5.74) is 8.55. The average Bonchev–Trinajstić information content (AvgIpc) is 2.98. The van der Waals surface area contributed by atoms with Crippen LogP contribution >= 0.6 is 11.3 Å². The van der Waals surface area contributed by atoms with Crippen molar-refractivity contribution in [3.8, 4) is 11.1 Å². The Morgan fingerprint density at radius 1 is 1.00 bits per heavy atom. The zero-order valence-corrected chi connectivity index (χ0v) is 14.1. The van der Waals surface area contributed by atoms with Crippen LogP contribution in [0.4, 0.5) is 0 Å². The van der Waals surface area contributed by atoms with E-state index in [0.717, 1.165) is 6.42 Å². The summed E-state index contributed by atoms with van der Waals surface area (Å²) in [5.74, 6) is 0.565. The molecule has 0 fully saturated rings. The van der Waals surface area contributed by atoms with Crippen LogP contribution in [0.5, 0.6) is 0 Å². The maximum Gasteiger partial charge on any atom is 0.00892 e. The molecule has 0 amide bonds. The fourth-order valence-corrected chi connectivity index (χ4v) is 3.78. The molecular weight excluding hydrogens is 272 g/mol. The topological polar surface area (TPSA) is 0 Å². The van der Waals surface area contributed by atoms with Gasteiger partial charge in [0.05, 0.1) is 0 Å². The first-order chi connectivity index (χ1) is 10.1. The molecular formula is C20H22S. The zero-order chi connectivity index (χ0) is 15.0. The number of thiophene rings is 1. The van der Waals surface area contributed by atoms with Gasteiger partial charge in [0.1, 0.15) is 0 Å². The maximum absolute atomic E-state index is 2.39. The van der Waals surface area contributed by atoms with E-state index in [1.54, 1.807) is 0 Å². The molecule has 2 aliphatic carbocycles. The fourth-order valence-electron chi connectivity index (χ4n) is 3.05. The highest BCUT2D eigenvalue weighted by Gasteiger charge is 2.16. The molecule has 21 heavy (non-hydrogen) atoms. The number of aryl methyl sites for hydroxylation is 2. The van der Waals surface area contributed by atoms with Crippen molar-refractivity contribution in [2.75, 3.05) is 0 Å². The van der Waals surface area contributed by atoms with Crippen LogP contribution in [0.3, 0.4) is 0 Å². The van der Waals surface area contributed by atoms with Gasteiger partial charge in [-0.25, -0.2) is 0 Å². The van der Waals surface area contributed by atoms with Crippen molar-refractivity contribution in [2.45, 2.75) is 40.0 Å². The molecule has 0 nitrogen and oxygen atoms in total. The van der Waals surface area contributed by atoms with E-state index in [1.807, 2.05) is 11.3 Å². The van der Waals surface area contributed by atoms with Gasteiger partial charge in [-0.15, -0.1) is 11.3 Å². The van der Waals surface area contributed by atoms with Gasteiger partial charge < -0.3 is 0 Å². The lowest BCUT2D eigenvalue weighted by Gasteiger charge is -2.05. The zero-order valence-electron chi connectivity index (χ0n) is 13.2. The molecule has 1 aromatic rings. The SMILES string of the molecule is Cc1cc(Cc2cccs2)c2c(C)ccc(C(C)C)cc1-2. The minimum absolute atomic E-state index is 0.565. The van der Waals surface area contributed by atoms with E-state index in [1.165, 1.54) is 38.3 Å². The highest BCUT2D eigenvalue weighted by atomic mass is 32.1. The summed E-state index contributed by atoms with van der Waals surface area (Å²) >= 11 is 1.85. The lowest BCUT2D eigenvalue weighted by molar-refractivity contribution is 0.868. The molecule has 0 unspecified atom stereocenters. The lowest BCUT2D eigenvalue weighted by Crippen LogP contribution is -1.86. The molecule has 0 aliphatic heterocycles. The quantitative estimate of drug-likeness (QED) is 0.540. The summed E-state index contributed by atoms with van der Waals surface area (Å²) in [5, 5.41) is 2.16. The average molecular weight is 294 g/mol. The molecule has 2 aliphatic rings. The highest BCUT2D eigenvalue weighted by Crippen LogP contribution is 2.37. The minimum atomic E-state index is 0.565. The molecule has 3 rings (SSSR count). The van der Waals surface area contributed by atoms with E-state index in [2.05, 4.69) is 69.5 Å². The molecule has 0 radical (unpaired) electrons. The first-order valence-corrected chi connectivity index (χ1v) is 8.49. The summed E-state index contributed by atoms with van der Waals surface area (Å²) in [6.45, 7) is 9.01. The van der Waals surface area contributed by atoms with Crippen LogP contribution in [-0.2, 0) is 6.42 Å². The van der Waals surface area contributed by atoms with E-state index in [9.17, 15) is 0 Å². The Balaban J connectivity index is 2.14. The van der Waals surface area contributed by atoms with Crippen LogP contribution in [-0.4, -0.2) is 0 Å². The molecule has 0 saturated heterocycles. The van der Waals surface area contributed by atoms with Crippen molar-refractivity contribution < 1.29 is 0 Å². The van der Waals surface area contributed by atoms with Crippen LogP contribution in [0.1, 0.15) is 46.9 Å². The molecule has 0 bridgehead atoms. The van der Waals surface area contributed by atoms with Crippen LogP contribution < -0.4 is 0 Å². The minimum Gasteiger partial charge on any atom is -0.149 e. The Morgan fingerprint density at radius 3 is 2.48 bits per heavy atom. The molecule has 1 heterocycles. The van der Waals surface area contributed by atoms with Gasteiger partial charge in [0.2, 0.25) is 0 Å². The van der Waals surface area contributed by atoms with Crippen LogP contribution in [0.2, 0.25) is 0 Å². The maximum atomic E-state index is 2.39. The van der Waals surface area contributed by atoms with Crippen molar-refractivity contribution in [1.82, 2.24) is 0 Å². The fraction of sp³-hybridized carbons (Fsp3) is 0.300. The van der Waals surface area contributed by atoms with Gasteiger partial charge in [0, 0.05) is 11.3 Å². The van der Waals surface area contributed by atoms with E-state index in [0.29, 0.717) is 5.92 Å². The largest absolute Gasteiger partial charge is 0.149 e. The van der Waals surface area contributed by atoms with Gasteiger partial charge >= 0.3 is 0 Å². The number of fused-ring (bicyclic) bond motifs is 1.